The second-order valence-electron chi connectivity index (χ2n) is 4.89. The van der Waals surface area contributed by atoms with Crippen LogP contribution in [0.15, 0.2) is 22.7 Å². The molecule has 3 nitrogen and oxygen atoms in total. The normalized spacial score (nSPS) is 17.0. The van der Waals surface area contributed by atoms with E-state index in [1.54, 1.807) is 6.92 Å². The molecule has 1 unspecified atom stereocenters. The van der Waals surface area contributed by atoms with Crippen molar-refractivity contribution >= 4 is 21.9 Å². The SMILES string of the molecule is CC(C(=O)O)c1cc(Br)cc(OCC2CCC2)c1. The zero-order chi connectivity index (χ0) is 13.1. The van der Waals surface area contributed by atoms with Crippen molar-refractivity contribution in [3.8, 4) is 5.75 Å². The number of carboxylic acids is 1. The van der Waals surface area contributed by atoms with Crippen LogP contribution >= 0.6 is 15.9 Å². The maximum absolute atomic E-state index is 11.0. The minimum atomic E-state index is -0.821. The first-order valence-corrected chi connectivity index (χ1v) is 7.01. The fraction of sp³-hybridized carbons (Fsp3) is 0.500. The number of benzene rings is 1. The fourth-order valence-electron chi connectivity index (χ4n) is 1.93. The molecule has 4 heteroatoms. The maximum Gasteiger partial charge on any atom is 0.310 e. The largest absolute Gasteiger partial charge is 0.493 e. The summed E-state index contributed by atoms with van der Waals surface area (Å²) >= 11 is 3.40. The Morgan fingerprint density at radius 1 is 1.50 bits per heavy atom. The first-order valence-electron chi connectivity index (χ1n) is 6.22. The van der Waals surface area contributed by atoms with Crippen molar-refractivity contribution in [1.29, 1.82) is 0 Å². The lowest BCUT2D eigenvalue weighted by atomic mass is 9.86. The van der Waals surface area contributed by atoms with Crippen molar-refractivity contribution in [2.24, 2.45) is 5.92 Å². The summed E-state index contributed by atoms with van der Waals surface area (Å²) in [7, 11) is 0. The van der Waals surface area contributed by atoms with E-state index in [0.29, 0.717) is 5.92 Å². The van der Waals surface area contributed by atoms with E-state index in [9.17, 15) is 4.79 Å². The van der Waals surface area contributed by atoms with E-state index in [1.807, 2.05) is 18.2 Å². The van der Waals surface area contributed by atoms with Crippen molar-refractivity contribution in [3.63, 3.8) is 0 Å². The Kier molecular flexibility index (Phi) is 4.27. The Morgan fingerprint density at radius 2 is 2.22 bits per heavy atom. The molecule has 0 aromatic heterocycles. The summed E-state index contributed by atoms with van der Waals surface area (Å²) < 4.78 is 6.60. The zero-order valence-electron chi connectivity index (χ0n) is 10.4. The zero-order valence-corrected chi connectivity index (χ0v) is 11.9. The average Bonchev–Trinajstić information content (AvgIpc) is 2.25. The Bertz CT molecular complexity index is 441. The van der Waals surface area contributed by atoms with Crippen molar-refractivity contribution in [2.75, 3.05) is 6.61 Å². The van der Waals surface area contributed by atoms with Gasteiger partial charge in [-0.2, -0.15) is 0 Å². The number of rotatable bonds is 5. The van der Waals surface area contributed by atoms with Crippen molar-refractivity contribution in [1.82, 2.24) is 0 Å². The van der Waals surface area contributed by atoms with Crippen LogP contribution in [0.1, 0.15) is 37.7 Å². The Morgan fingerprint density at radius 3 is 2.78 bits per heavy atom. The number of hydrogen-bond acceptors (Lipinski definition) is 2. The molecule has 1 fully saturated rings. The van der Waals surface area contributed by atoms with Crippen LogP contribution in [0.3, 0.4) is 0 Å². The Balaban J connectivity index is 2.07. The van der Waals surface area contributed by atoms with Gasteiger partial charge < -0.3 is 9.84 Å². The van der Waals surface area contributed by atoms with Gasteiger partial charge >= 0.3 is 5.97 Å². The smallest absolute Gasteiger partial charge is 0.310 e. The molecule has 0 spiro atoms. The predicted octanol–water partition coefficient (Wildman–Crippen LogP) is 3.82. The van der Waals surface area contributed by atoms with E-state index in [-0.39, 0.29) is 0 Å². The van der Waals surface area contributed by atoms with E-state index >= 15 is 0 Å². The van der Waals surface area contributed by atoms with Crippen molar-refractivity contribution < 1.29 is 14.6 Å². The Labute approximate surface area is 115 Å². The molecule has 1 N–H and O–H groups in total. The molecular formula is C14H17BrO3. The van der Waals surface area contributed by atoms with Crippen LogP contribution in [-0.4, -0.2) is 17.7 Å². The second-order valence-corrected chi connectivity index (χ2v) is 5.80. The van der Waals surface area contributed by atoms with Gasteiger partial charge in [-0.3, -0.25) is 4.79 Å². The lowest BCUT2D eigenvalue weighted by Crippen LogP contribution is -2.19. The lowest BCUT2D eigenvalue weighted by molar-refractivity contribution is -0.138. The van der Waals surface area contributed by atoms with Crippen LogP contribution in [0.5, 0.6) is 5.75 Å². The average molecular weight is 313 g/mol. The third-order valence-electron chi connectivity index (χ3n) is 3.47. The molecule has 1 atom stereocenters. The van der Waals surface area contributed by atoms with Crippen LogP contribution in [0, 0.1) is 5.92 Å². The number of carboxylic acid groups (broad SMARTS) is 1. The van der Waals surface area contributed by atoms with Crippen LogP contribution in [-0.2, 0) is 4.79 Å². The van der Waals surface area contributed by atoms with E-state index < -0.39 is 11.9 Å². The molecule has 0 aliphatic heterocycles. The third kappa shape index (κ3) is 3.25. The molecule has 0 bridgehead atoms. The summed E-state index contributed by atoms with van der Waals surface area (Å²) in [5, 5.41) is 9.03. The molecule has 2 rings (SSSR count). The minimum Gasteiger partial charge on any atom is -0.493 e. The topological polar surface area (TPSA) is 46.5 Å². The molecule has 1 saturated carbocycles. The van der Waals surface area contributed by atoms with Gasteiger partial charge in [0.1, 0.15) is 5.75 Å². The van der Waals surface area contributed by atoms with Gasteiger partial charge in [-0.05, 0) is 49.4 Å². The summed E-state index contributed by atoms with van der Waals surface area (Å²) in [6, 6.07) is 5.54. The van der Waals surface area contributed by atoms with E-state index in [2.05, 4.69) is 15.9 Å². The molecule has 1 aromatic carbocycles. The number of ether oxygens (including phenoxy) is 1. The van der Waals surface area contributed by atoms with E-state index in [0.717, 1.165) is 22.4 Å². The van der Waals surface area contributed by atoms with Gasteiger partial charge in [0, 0.05) is 4.47 Å². The molecule has 98 valence electrons. The molecule has 0 radical (unpaired) electrons. The Hall–Kier alpha value is -1.03. The molecule has 0 heterocycles. The molecular weight excluding hydrogens is 296 g/mol. The van der Waals surface area contributed by atoms with Gasteiger partial charge in [-0.1, -0.05) is 22.4 Å². The van der Waals surface area contributed by atoms with Crippen LogP contribution in [0.2, 0.25) is 0 Å². The van der Waals surface area contributed by atoms with Gasteiger partial charge in [0.2, 0.25) is 0 Å². The summed E-state index contributed by atoms with van der Waals surface area (Å²) in [6.45, 7) is 2.41. The van der Waals surface area contributed by atoms with Crippen LogP contribution < -0.4 is 4.74 Å². The number of halogens is 1. The summed E-state index contributed by atoms with van der Waals surface area (Å²) in [5.41, 5.74) is 0.764. The highest BCUT2D eigenvalue weighted by Crippen LogP contribution is 2.30. The third-order valence-corrected chi connectivity index (χ3v) is 3.93. The van der Waals surface area contributed by atoms with Gasteiger partial charge in [-0.25, -0.2) is 0 Å². The van der Waals surface area contributed by atoms with Gasteiger partial charge in [0.25, 0.3) is 0 Å². The van der Waals surface area contributed by atoms with Gasteiger partial charge in [-0.15, -0.1) is 0 Å². The highest BCUT2D eigenvalue weighted by atomic mass is 79.9. The van der Waals surface area contributed by atoms with Crippen molar-refractivity contribution in [2.45, 2.75) is 32.1 Å². The second kappa shape index (κ2) is 5.74. The first-order chi connectivity index (χ1) is 8.56. The van der Waals surface area contributed by atoms with Crippen molar-refractivity contribution in [3.05, 3.63) is 28.2 Å². The van der Waals surface area contributed by atoms with E-state index in [4.69, 9.17) is 9.84 Å². The summed E-state index contributed by atoms with van der Waals surface area (Å²) in [5.74, 6) is 0.0790. The summed E-state index contributed by atoms with van der Waals surface area (Å²) in [6.07, 6.45) is 3.78. The monoisotopic (exact) mass is 312 g/mol. The molecule has 0 amide bonds. The molecule has 18 heavy (non-hydrogen) atoms. The van der Waals surface area contributed by atoms with Gasteiger partial charge in [0.15, 0.2) is 0 Å². The number of hydrogen-bond donors (Lipinski definition) is 1. The molecule has 0 saturated heterocycles. The van der Waals surface area contributed by atoms with Crippen LogP contribution in [0.4, 0.5) is 0 Å². The highest BCUT2D eigenvalue weighted by Gasteiger charge is 2.19. The number of aliphatic carboxylic acids is 1. The summed E-state index contributed by atoms with van der Waals surface area (Å²) in [4.78, 5) is 11.0. The molecule has 1 aliphatic rings. The predicted molar refractivity (Wildman–Crippen MR) is 73.0 cm³/mol. The maximum atomic E-state index is 11.0. The fourth-order valence-corrected chi connectivity index (χ4v) is 2.42. The minimum absolute atomic E-state index is 0.520. The van der Waals surface area contributed by atoms with Gasteiger partial charge in [0.05, 0.1) is 12.5 Å². The van der Waals surface area contributed by atoms with Crippen LogP contribution in [0.25, 0.3) is 0 Å². The lowest BCUT2D eigenvalue weighted by Gasteiger charge is -2.25. The number of carbonyl (C=O) groups is 1. The molecule has 1 aliphatic carbocycles. The first kappa shape index (κ1) is 13.4. The quantitative estimate of drug-likeness (QED) is 0.899. The van der Waals surface area contributed by atoms with E-state index in [1.165, 1.54) is 19.3 Å². The highest BCUT2D eigenvalue weighted by molar-refractivity contribution is 9.10. The standard InChI is InChI=1S/C14H17BrO3/c1-9(14(16)17)11-5-12(15)7-13(6-11)18-8-10-3-2-4-10/h5-7,9-10H,2-4,8H2,1H3,(H,16,17). The molecule has 1 aromatic rings.